The van der Waals surface area contributed by atoms with Crippen molar-refractivity contribution in [3.63, 3.8) is 0 Å². The molecular weight excluding hydrogens is 276 g/mol. The van der Waals surface area contributed by atoms with Crippen LogP contribution in [0.5, 0.6) is 0 Å². The highest BCUT2D eigenvalue weighted by Gasteiger charge is 2.25. The Kier molecular flexibility index (Phi) is 6.41. The molecule has 0 bridgehead atoms. The minimum Gasteiger partial charge on any atom is -0.323 e. The molecule has 0 unspecified atom stereocenters. The molecule has 3 N–H and O–H groups in total. The normalized spacial score (nSPS) is 12.1. The Morgan fingerprint density at radius 2 is 1.85 bits per heavy atom. The summed E-state index contributed by atoms with van der Waals surface area (Å²) in [7, 11) is 0.422. The number of nitrogens with one attached hydrogen (secondary N) is 1. The van der Waals surface area contributed by atoms with Gasteiger partial charge in [-0.1, -0.05) is 19.1 Å². The summed E-state index contributed by atoms with van der Waals surface area (Å²) in [4.78, 5) is 2.25. The van der Waals surface area contributed by atoms with Crippen LogP contribution in [0.15, 0.2) is 29.2 Å². The van der Waals surface area contributed by atoms with Gasteiger partial charge in [-0.05, 0) is 39.2 Å². The lowest BCUT2D eigenvalue weighted by Gasteiger charge is -2.22. The van der Waals surface area contributed by atoms with Gasteiger partial charge in [0.2, 0.25) is 10.0 Å². The largest absolute Gasteiger partial charge is 0.323 e. The maximum absolute atomic E-state index is 12.6. The van der Waals surface area contributed by atoms with E-state index in [2.05, 4.69) is 5.43 Å². The lowest BCUT2D eigenvalue weighted by atomic mass is 10.3. The van der Waals surface area contributed by atoms with Gasteiger partial charge in [0.05, 0.1) is 5.69 Å². The summed E-state index contributed by atoms with van der Waals surface area (Å²) in [5.74, 6) is 5.39. The van der Waals surface area contributed by atoms with Crippen LogP contribution in [0.1, 0.15) is 13.3 Å². The summed E-state index contributed by atoms with van der Waals surface area (Å²) in [5, 5.41) is 0. The van der Waals surface area contributed by atoms with Crippen LogP contribution in [0.2, 0.25) is 0 Å². The van der Waals surface area contributed by atoms with Gasteiger partial charge in [-0.3, -0.25) is 5.84 Å². The van der Waals surface area contributed by atoms with Crippen LogP contribution in [-0.2, 0) is 10.0 Å². The minimum atomic E-state index is -3.52. The Labute approximate surface area is 121 Å². The number of nitrogen functional groups attached to an aromatic ring is 1. The number of sulfonamides is 1. The van der Waals surface area contributed by atoms with Crippen molar-refractivity contribution in [1.82, 2.24) is 9.21 Å². The molecule has 1 rings (SSSR count). The summed E-state index contributed by atoms with van der Waals surface area (Å²) in [6.07, 6.45) is 0.790. The van der Waals surface area contributed by atoms with E-state index in [9.17, 15) is 8.42 Å². The highest BCUT2D eigenvalue weighted by molar-refractivity contribution is 7.89. The Morgan fingerprint density at radius 3 is 2.40 bits per heavy atom. The van der Waals surface area contributed by atoms with E-state index in [-0.39, 0.29) is 4.90 Å². The number of hydrogen-bond donors (Lipinski definition) is 2. The quantitative estimate of drug-likeness (QED) is 0.552. The molecule has 0 aromatic heterocycles. The first-order valence-corrected chi connectivity index (χ1v) is 8.08. The van der Waals surface area contributed by atoms with E-state index >= 15 is 0 Å². The summed E-state index contributed by atoms with van der Waals surface area (Å²) in [5.41, 5.74) is 2.86. The predicted molar refractivity (Wildman–Crippen MR) is 81.9 cm³/mol. The molecular formula is C13H24N4O2S. The second-order valence-electron chi connectivity index (χ2n) is 4.79. The van der Waals surface area contributed by atoms with Crippen molar-refractivity contribution in [2.24, 2.45) is 5.84 Å². The second kappa shape index (κ2) is 7.58. The van der Waals surface area contributed by atoms with Gasteiger partial charge in [-0.15, -0.1) is 0 Å². The van der Waals surface area contributed by atoms with Gasteiger partial charge < -0.3 is 10.3 Å². The molecule has 0 spiro atoms. The van der Waals surface area contributed by atoms with Crippen molar-refractivity contribution in [1.29, 1.82) is 0 Å². The average molecular weight is 300 g/mol. The first-order chi connectivity index (χ1) is 9.43. The number of benzene rings is 1. The van der Waals surface area contributed by atoms with Gasteiger partial charge in [0.25, 0.3) is 0 Å². The van der Waals surface area contributed by atoms with Crippen LogP contribution >= 0.6 is 0 Å². The fourth-order valence-corrected chi connectivity index (χ4v) is 3.60. The molecule has 0 amide bonds. The van der Waals surface area contributed by atoms with Crippen molar-refractivity contribution in [3.05, 3.63) is 24.3 Å². The lowest BCUT2D eigenvalue weighted by Crippen LogP contribution is -2.34. The average Bonchev–Trinajstić information content (AvgIpc) is 2.43. The van der Waals surface area contributed by atoms with E-state index in [1.807, 2.05) is 25.9 Å². The van der Waals surface area contributed by atoms with Crippen LogP contribution in [0, 0.1) is 0 Å². The fourth-order valence-electron chi connectivity index (χ4n) is 1.96. The number of anilines is 1. The van der Waals surface area contributed by atoms with Gasteiger partial charge in [-0.2, -0.15) is 4.31 Å². The molecule has 1 aromatic rings. The van der Waals surface area contributed by atoms with Crippen molar-refractivity contribution < 1.29 is 8.42 Å². The number of nitrogens with two attached hydrogens (primary N) is 1. The van der Waals surface area contributed by atoms with E-state index < -0.39 is 10.0 Å². The topological polar surface area (TPSA) is 78.7 Å². The van der Waals surface area contributed by atoms with Crippen molar-refractivity contribution in [2.75, 3.05) is 39.2 Å². The minimum absolute atomic E-state index is 0.217. The number of hydrogen-bond acceptors (Lipinski definition) is 5. The maximum Gasteiger partial charge on any atom is 0.245 e. The van der Waals surface area contributed by atoms with Crippen LogP contribution in [0.4, 0.5) is 5.69 Å². The van der Waals surface area contributed by atoms with Crippen LogP contribution < -0.4 is 11.3 Å². The van der Waals surface area contributed by atoms with Crippen molar-refractivity contribution in [2.45, 2.75) is 18.2 Å². The van der Waals surface area contributed by atoms with Crippen LogP contribution in [0.3, 0.4) is 0 Å². The lowest BCUT2D eigenvalue weighted by molar-refractivity contribution is 0.356. The highest BCUT2D eigenvalue weighted by atomic mass is 32.2. The molecule has 0 saturated heterocycles. The van der Waals surface area contributed by atoms with Crippen LogP contribution in [-0.4, -0.2) is 51.4 Å². The van der Waals surface area contributed by atoms with Crippen molar-refractivity contribution in [3.8, 4) is 0 Å². The molecule has 0 radical (unpaired) electrons. The first kappa shape index (κ1) is 16.9. The highest BCUT2D eigenvalue weighted by Crippen LogP contribution is 2.23. The zero-order chi connectivity index (χ0) is 15.2. The van der Waals surface area contributed by atoms with Gasteiger partial charge >= 0.3 is 0 Å². The summed E-state index contributed by atoms with van der Waals surface area (Å²) in [6, 6.07) is 6.66. The third kappa shape index (κ3) is 4.17. The molecule has 0 aliphatic carbocycles. The SMILES string of the molecule is CCN(CCCN(C)C)S(=O)(=O)c1ccccc1NN. The van der Waals surface area contributed by atoms with E-state index in [0.29, 0.717) is 18.8 Å². The molecule has 1 aromatic carbocycles. The molecule has 114 valence electrons. The number of hydrazine groups is 1. The van der Waals surface area contributed by atoms with Crippen LogP contribution in [0.25, 0.3) is 0 Å². The number of nitrogens with zero attached hydrogens (tertiary/aromatic N) is 2. The molecule has 0 saturated carbocycles. The molecule has 0 fully saturated rings. The third-order valence-electron chi connectivity index (χ3n) is 3.03. The standard InChI is InChI=1S/C13H24N4O2S/c1-4-17(11-7-10-16(2)3)20(18,19)13-9-6-5-8-12(13)15-14/h5-6,8-9,15H,4,7,10-11,14H2,1-3H3. The molecule has 0 aliphatic heterocycles. The molecule has 0 atom stereocenters. The van der Waals surface area contributed by atoms with Gasteiger partial charge in [-0.25, -0.2) is 8.42 Å². The zero-order valence-corrected chi connectivity index (χ0v) is 13.2. The molecule has 0 heterocycles. The van der Waals surface area contributed by atoms with E-state index in [0.717, 1.165) is 13.0 Å². The van der Waals surface area contributed by atoms with E-state index in [1.54, 1.807) is 24.3 Å². The fraction of sp³-hybridized carbons (Fsp3) is 0.538. The summed E-state index contributed by atoms with van der Waals surface area (Å²) < 4.78 is 26.8. The molecule has 6 nitrogen and oxygen atoms in total. The predicted octanol–water partition coefficient (Wildman–Crippen LogP) is 0.935. The molecule has 0 aliphatic rings. The van der Waals surface area contributed by atoms with E-state index in [1.165, 1.54) is 4.31 Å². The Morgan fingerprint density at radius 1 is 1.20 bits per heavy atom. The van der Waals surface area contributed by atoms with Gasteiger partial charge in [0.1, 0.15) is 4.90 Å². The van der Waals surface area contributed by atoms with Crippen molar-refractivity contribution >= 4 is 15.7 Å². The second-order valence-corrected chi connectivity index (χ2v) is 6.70. The molecule has 7 heteroatoms. The smallest absolute Gasteiger partial charge is 0.245 e. The van der Waals surface area contributed by atoms with E-state index in [4.69, 9.17) is 5.84 Å². The molecule has 20 heavy (non-hydrogen) atoms. The summed E-state index contributed by atoms with van der Waals surface area (Å²) in [6.45, 7) is 3.62. The maximum atomic E-state index is 12.6. The Balaban J connectivity index is 2.94. The monoisotopic (exact) mass is 300 g/mol. The third-order valence-corrected chi connectivity index (χ3v) is 5.06. The van der Waals surface area contributed by atoms with Gasteiger partial charge in [0.15, 0.2) is 0 Å². The first-order valence-electron chi connectivity index (χ1n) is 6.64. The Hall–Kier alpha value is -1.15. The summed E-state index contributed by atoms with van der Waals surface area (Å²) >= 11 is 0. The zero-order valence-electron chi connectivity index (χ0n) is 12.3. The van der Waals surface area contributed by atoms with Gasteiger partial charge in [0, 0.05) is 13.1 Å². The number of rotatable bonds is 8. The Bertz CT molecular complexity index is 517. The number of para-hydroxylation sites is 1.